The molecular formula is C29H31F3N6O5. The van der Waals surface area contributed by atoms with Crippen LogP contribution < -0.4 is 32.5 Å². The van der Waals surface area contributed by atoms with Crippen LogP contribution in [0, 0.1) is 0 Å². The molecule has 0 saturated heterocycles. The number of alkyl halides is 3. The number of aromatic nitrogens is 2. The van der Waals surface area contributed by atoms with E-state index in [4.69, 9.17) is 16.2 Å². The number of ether oxygens (including phenoxy) is 2. The zero-order chi connectivity index (χ0) is 31.2. The fourth-order valence-electron chi connectivity index (χ4n) is 3.71. The third kappa shape index (κ3) is 12.4. The molecule has 3 aromatic rings. The summed E-state index contributed by atoms with van der Waals surface area (Å²) in [5.41, 5.74) is 12.9. The molecule has 43 heavy (non-hydrogen) atoms. The van der Waals surface area contributed by atoms with E-state index in [1.165, 1.54) is 41.1 Å². The number of hydrogen-bond donors (Lipinski definition) is 4. The lowest BCUT2D eigenvalue weighted by Gasteiger charge is -2.10. The third-order valence-corrected chi connectivity index (χ3v) is 5.69. The van der Waals surface area contributed by atoms with E-state index in [2.05, 4.69) is 20.4 Å². The number of hydrogen-bond acceptors (Lipinski definition) is 8. The normalized spacial score (nSPS) is 12.0. The van der Waals surface area contributed by atoms with Crippen molar-refractivity contribution in [1.29, 1.82) is 0 Å². The number of unbranched alkanes of at least 4 members (excludes halogenated alkanes) is 1. The minimum atomic E-state index is -4.83. The first-order valence-corrected chi connectivity index (χ1v) is 13.1. The summed E-state index contributed by atoms with van der Waals surface area (Å²) in [6.07, 6.45) is 0.403. The summed E-state index contributed by atoms with van der Waals surface area (Å²) in [6, 6.07) is 15.7. The molecule has 2 amide bonds. The molecule has 228 valence electrons. The van der Waals surface area contributed by atoms with Gasteiger partial charge in [-0.2, -0.15) is 4.98 Å². The van der Waals surface area contributed by atoms with Crippen LogP contribution in [0.15, 0.2) is 95.3 Å². The van der Waals surface area contributed by atoms with Crippen molar-refractivity contribution in [3.63, 3.8) is 0 Å². The predicted molar refractivity (Wildman–Crippen MR) is 152 cm³/mol. The van der Waals surface area contributed by atoms with Crippen LogP contribution in [-0.4, -0.2) is 27.9 Å². The standard InChI is InChI=1S/C29H31F3N6O5/c30-29(31,32)43-23-11-6-9-21(17-23)18-26(39)35-24(34)13-12-22(33)10-4-5-15-38-16-14-25(36-27(38)40)37-28(41)42-19-20-7-2-1-3-8-20/h1-3,6-9,11-14,16-17H,4-5,10,15,18-19,33-34H2,(H,35,39)(H,36,37,40,41)/b22-12-,24-13+. The van der Waals surface area contributed by atoms with Gasteiger partial charge in [0.15, 0.2) is 0 Å². The molecule has 0 aliphatic rings. The minimum Gasteiger partial charge on any atom is -0.444 e. The number of amides is 2. The molecule has 11 nitrogen and oxygen atoms in total. The number of nitrogens with one attached hydrogen (secondary N) is 2. The van der Waals surface area contributed by atoms with Gasteiger partial charge in [0.05, 0.1) is 6.42 Å². The number of nitrogens with two attached hydrogens (primary N) is 2. The summed E-state index contributed by atoms with van der Waals surface area (Å²) < 4.78 is 47.5. The Kier molecular flexibility index (Phi) is 11.7. The van der Waals surface area contributed by atoms with Crippen LogP contribution in [0.1, 0.15) is 30.4 Å². The van der Waals surface area contributed by atoms with E-state index in [0.717, 1.165) is 17.7 Å². The quantitative estimate of drug-likeness (QED) is 0.169. The van der Waals surface area contributed by atoms with Gasteiger partial charge < -0.3 is 26.3 Å². The first-order valence-electron chi connectivity index (χ1n) is 13.1. The van der Waals surface area contributed by atoms with Crippen LogP contribution >= 0.6 is 0 Å². The maximum atomic E-state index is 12.4. The molecule has 3 rings (SSSR count). The van der Waals surface area contributed by atoms with Crippen LogP contribution in [0.25, 0.3) is 0 Å². The largest absolute Gasteiger partial charge is 0.573 e. The zero-order valence-electron chi connectivity index (χ0n) is 23.0. The number of benzene rings is 2. The molecule has 0 aliphatic heterocycles. The summed E-state index contributed by atoms with van der Waals surface area (Å²) >= 11 is 0. The van der Waals surface area contributed by atoms with E-state index in [1.807, 2.05) is 30.3 Å². The smallest absolute Gasteiger partial charge is 0.444 e. The van der Waals surface area contributed by atoms with Gasteiger partial charge in [0.1, 0.15) is 24.0 Å². The van der Waals surface area contributed by atoms with Crippen LogP contribution in [0.5, 0.6) is 5.75 Å². The summed E-state index contributed by atoms with van der Waals surface area (Å²) in [6.45, 7) is 0.460. The average Bonchev–Trinajstić information content (AvgIpc) is 2.94. The lowest BCUT2D eigenvalue weighted by Crippen LogP contribution is -2.28. The van der Waals surface area contributed by atoms with Crippen molar-refractivity contribution < 1.29 is 32.2 Å². The molecule has 6 N–H and O–H groups in total. The molecular weight excluding hydrogens is 569 g/mol. The second kappa shape index (κ2) is 15.7. The number of nitrogens with zero attached hydrogens (tertiary/aromatic N) is 2. The van der Waals surface area contributed by atoms with Gasteiger partial charge in [-0.05, 0) is 60.7 Å². The summed E-state index contributed by atoms with van der Waals surface area (Å²) in [5.74, 6) is -0.879. The second-order valence-corrected chi connectivity index (χ2v) is 9.22. The molecule has 0 radical (unpaired) electrons. The highest BCUT2D eigenvalue weighted by atomic mass is 19.4. The molecule has 1 aromatic heterocycles. The van der Waals surface area contributed by atoms with E-state index < -0.39 is 29.8 Å². The topological polar surface area (TPSA) is 164 Å². The molecule has 1 heterocycles. The highest BCUT2D eigenvalue weighted by Gasteiger charge is 2.31. The number of aryl methyl sites for hydroxylation is 1. The molecule has 0 fully saturated rings. The highest BCUT2D eigenvalue weighted by Crippen LogP contribution is 2.23. The van der Waals surface area contributed by atoms with Gasteiger partial charge in [-0.15, -0.1) is 13.2 Å². The summed E-state index contributed by atoms with van der Waals surface area (Å²) in [5, 5.41) is 4.86. The van der Waals surface area contributed by atoms with Crippen LogP contribution in [0.4, 0.5) is 23.8 Å². The number of halogens is 3. The molecule has 0 saturated carbocycles. The van der Waals surface area contributed by atoms with E-state index in [9.17, 15) is 27.6 Å². The Morgan fingerprint density at radius 3 is 2.44 bits per heavy atom. The van der Waals surface area contributed by atoms with Crippen molar-refractivity contribution in [1.82, 2.24) is 14.9 Å². The second-order valence-electron chi connectivity index (χ2n) is 9.22. The zero-order valence-corrected chi connectivity index (χ0v) is 23.0. The Labute approximate surface area is 245 Å². The van der Waals surface area contributed by atoms with Gasteiger partial charge in [0.2, 0.25) is 5.91 Å². The van der Waals surface area contributed by atoms with Crippen LogP contribution in [0.2, 0.25) is 0 Å². The van der Waals surface area contributed by atoms with E-state index in [1.54, 1.807) is 0 Å². The minimum absolute atomic E-state index is 0.00548. The van der Waals surface area contributed by atoms with Crippen molar-refractivity contribution >= 4 is 17.8 Å². The van der Waals surface area contributed by atoms with Crippen molar-refractivity contribution in [3.05, 3.63) is 112 Å². The summed E-state index contributed by atoms with van der Waals surface area (Å²) in [4.78, 5) is 40.3. The third-order valence-electron chi connectivity index (χ3n) is 5.69. The molecule has 0 aliphatic carbocycles. The SMILES string of the molecule is N/C(=C\C=C(/N)NC(=O)Cc1cccc(OC(F)(F)F)c1)CCCCn1ccc(NC(=O)OCc2ccccc2)nc1=O. The van der Waals surface area contributed by atoms with Crippen molar-refractivity contribution in [2.45, 2.75) is 45.2 Å². The number of rotatable bonds is 13. The molecule has 0 bridgehead atoms. The molecule has 0 atom stereocenters. The molecule has 0 spiro atoms. The Hall–Kier alpha value is -5.27. The number of carbonyl (C=O) groups excluding carboxylic acids is 2. The summed E-state index contributed by atoms with van der Waals surface area (Å²) in [7, 11) is 0. The van der Waals surface area contributed by atoms with Gasteiger partial charge in [-0.3, -0.25) is 14.7 Å². The average molecular weight is 601 g/mol. The van der Waals surface area contributed by atoms with Crippen LogP contribution in [-0.2, 0) is 29.1 Å². The van der Waals surface area contributed by atoms with Crippen molar-refractivity contribution in [2.24, 2.45) is 11.5 Å². The van der Waals surface area contributed by atoms with Crippen molar-refractivity contribution in [2.75, 3.05) is 5.32 Å². The Morgan fingerprint density at radius 2 is 1.72 bits per heavy atom. The fraction of sp³-hybridized carbons (Fsp3) is 0.241. The lowest BCUT2D eigenvalue weighted by atomic mass is 10.1. The number of anilines is 1. The van der Waals surface area contributed by atoms with Crippen LogP contribution in [0.3, 0.4) is 0 Å². The molecule has 2 aromatic carbocycles. The molecule has 0 unspecified atom stereocenters. The monoisotopic (exact) mass is 600 g/mol. The van der Waals surface area contributed by atoms with Gasteiger partial charge in [-0.25, -0.2) is 9.59 Å². The Morgan fingerprint density at radius 1 is 0.977 bits per heavy atom. The van der Waals surface area contributed by atoms with Gasteiger partial charge in [0, 0.05) is 18.4 Å². The van der Waals surface area contributed by atoms with Crippen molar-refractivity contribution in [3.8, 4) is 5.75 Å². The Balaban J connectivity index is 1.37. The first kappa shape index (κ1) is 32.2. The van der Waals surface area contributed by atoms with E-state index in [0.29, 0.717) is 37.1 Å². The highest BCUT2D eigenvalue weighted by molar-refractivity contribution is 5.83. The maximum Gasteiger partial charge on any atom is 0.573 e. The van der Waals surface area contributed by atoms with Gasteiger partial charge >= 0.3 is 18.1 Å². The van der Waals surface area contributed by atoms with E-state index >= 15 is 0 Å². The number of carbonyl (C=O) groups is 2. The number of allylic oxidation sites excluding steroid dienone is 3. The van der Waals surface area contributed by atoms with Gasteiger partial charge in [-0.1, -0.05) is 42.5 Å². The first-order chi connectivity index (χ1) is 20.5. The lowest BCUT2D eigenvalue weighted by molar-refractivity contribution is -0.274. The van der Waals surface area contributed by atoms with E-state index in [-0.39, 0.29) is 24.7 Å². The van der Waals surface area contributed by atoms with Gasteiger partial charge in [0.25, 0.3) is 0 Å². The fourth-order valence-corrected chi connectivity index (χ4v) is 3.71. The molecule has 14 heteroatoms. The maximum absolute atomic E-state index is 12.4. The Bertz CT molecular complexity index is 1510. The predicted octanol–water partition coefficient (Wildman–Crippen LogP) is 4.06.